The number of rotatable bonds is 6. The summed E-state index contributed by atoms with van der Waals surface area (Å²) >= 11 is 3.41. The largest absolute Gasteiger partial charge is 0.490 e. The van der Waals surface area contributed by atoms with Crippen LogP contribution in [-0.4, -0.2) is 31.5 Å². The molecule has 5 nitrogen and oxygen atoms in total. The molecule has 6 heteroatoms. The van der Waals surface area contributed by atoms with Crippen LogP contribution in [0.15, 0.2) is 30.9 Å². The summed E-state index contributed by atoms with van der Waals surface area (Å²) in [6.45, 7) is 3.61. The maximum Gasteiger partial charge on any atom is 0.163 e. The van der Waals surface area contributed by atoms with E-state index in [0.717, 1.165) is 46.5 Å². The normalized spacial score (nSPS) is 11.1. The van der Waals surface area contributed by atoms with Gasteiger partial charge in [-0.25, -0.2) is 9.97 Å². The highest BCUT2D eigenvalue weighted by Crippen LogP contribution is 2.31. The minimum atomic E-state index is 0.665. The first kappa shape index (κ1) is 14.1. The van der Waals surface area contributed by atoms with Gasteiger partial charge in [-0.3, -0.25) is 0 Å². The number of fused-ring (bicyclic) bond motifs is 1. The number of hydrogen-bond acceptors (Lipinski definition) is 3. The molecule has 3 aromatic rings. The topological polar surface area (TPSA) is 55.7 Å². The quantitative estimate of drug-likeness (QED) is 0.546. The minimum Gasteiger partial charge on any atom is -0.490 e. The zero-order valence-electron chi connectivity index (χ0n) is 11.8. The van der Waals surface area contributed by atoms with Crippen LogP contribution in [0.2, 0.25) is 0 Å². The lowest BCUT2D eigenvalue weighted by atomic mass is 10.2. The molecule has 0 aliphatic heterocycles. The summed E-state index contributed by atoms with van der Waals surface area (Å²) in [5, 5.41) is 0.928. The van der Waals surface area contributed by atoms with Gasteiger partial charge in [0.2, 0.25) is 0 Å². The molecule has 21 heavy (non-hydrogen) atoms. The summed E-state index contributed by atoms with van der Waals surface area (Å²) in [6, 6.07) is 3.96. The predicted octanol–water partition coefficient (Wildman–Crippen LogP) is 3.61. The van der Waals surface area contributed by atoms with Gasteiger partial charge in [-0.1, -0.05) is 15.9 Å². The SMILES string of the molecule is CCn1cnc2c(-c3ccc[nH]3)ncc(OCCCBr)c21. The van der Waals surface area contributed by atoms with Gasteiger partial charge in [0.25, 0.3) is 0 Å². The molecule has 3 heterocycles. The van der Waals surface area contributed by atoms with Crippen molar-refractivity contribution in [2.45, 2.75) is 19.9 Å². The van der Waals surface area contributed by atoms with Crippen molar-refractivity contribution >= 4 is 27.0 Å². The molecule has 0 bridgehead atoms. The molecule has 0 aliphatic carbocycles. The molecule has 0 amide bonds. The summed E-state index contributed by atoms with van der Waals surface area (Å²) in [4.78, 5) is 12.2. The lowest BCUT2D eigenvalue weighted by Gasteiger charge is -2.10. The number of hydrogen-bond donors (Lipinski definition) is 1. The van der Waals surface area contributed by atoms with E-state index in [0.29, 0.717) is 6.61 Å². The first-order chi connectivity index (χ1) is 10.3. The molecule has 1 N–H and O–H groups in total. The maximum atomic E-state index is 5.87. The third-order valence-corrected chi connectivity index (χ3v) is 3.90. The van der Waals surface area contributed by atoms with Gasteiger partial charge >= 0.3 is 0 Å². The number of nitrogens with zero attached hydrogens (tertiary/aromatic N) is 3. The second-order valence-corrected chi connectivity index (χ2v) is 5.47. The van der Waals surface area contributed by atoms with Crippen molar-refractivity contribution in [1.82, 2.24) is 19.5 Å². The maximum absolute atomic E-state index is 5.87. The molecule has 0 saturated carbocycles. The number of aromatic amines is 1. The Morgan fingerprint density at radius 1 is 1.38 bits per heavy atom. The van der Waals surface area contributed by atoms with Gasteiger partial charge in [0.1, 0.15) is 16.7 Å². The van der Waals surface area contributed by atoms with Gasteiger partial charge in [0.15, 0.2) is 5.75 Å². The van der Waals surface area contributed by atoms with Crippen molar-refractivity contribution in [2.24, 2.45) is 0 Å². The number of ether oxygens (including phenoxy) is 1. The number of aryl methyl sites for hydroxylation is 1. The smallest absolute Gasteiger partial charge is 0.163 e. The third kappa shape index (κ3) is 2.68. The van der Waals surface area contributed by atoms with Crippen molar-refractivity contribution in [3.05, 3.63) is 30.9 Å². The van der Waals surface area contributed by atoms with E-state index in [4.69, 9.17) is 4.74 Å². The number of alkyl halides is 1. The Kier molecular flexibility index (Phi) is 4.24. The average molecular weight is 349 g/mol. The van der Waals surface area contributed by atoms with Gasteiger partial charge < -0.3 is 14.3 Å². The highest BCUT2D eigenvalue weighted by molar-refractivity contribution is 9.09. The first-order valence-corrected chi connectivity index (χ1v) is 8.13. The zero-order chi connectivity index (χ0) is 14.7. The van der Waals surface area contributed by atoms with Crippen LogP contribution in [0.3, 0.4) is 0 Å². The summed E-state index contributed by atoms with van der Waals surface area (Å²) in [5.41, 5.74) is 3.70. The number of nitrogens with one attached hydrogen (secondary N) is 1. The number of aromatic nitrogens is 4. The first-order valence-electron chi connectivity index (χ1n) is 7.01. The van der Waals surface area contributed by atoms with E-state index in [1.54, 1.807) is 6.20 Å². The number of imidazole rings is 1. The fourth-order valence-electron chi connectivity index (χ4n) is 2.32. The summed E-state index contributed by atoms with van der Waals surface area (Å²) in [7, 11) is 0. The van der Waals surface area contributed by atoms with E-state index in [-0.39, 0.29) is 0 Å². The summed E-state index contributed by atoms with van der Waals surface area (Å²) in [6.07, 6.45) is 6.48. The summed E-state index contributed by atoms with van der Waals surface area (Å²) < 4.78 is 7.96. The molecular formula is C15H17BrN4O. The second kappa shape index (κ2) is 6.30. The molecule has 3 aromatic heterocycles. The van der Waals surface area contributed by atoms with Crippen molar-refractivity contribution in [3.8, 4) is 17.1 Å². The van der Waals surface area contributed by atoms with Gasteiger partial charge in [-0.15, -0.1) is 0 Å². The van der Waals surface area contributed by atoms with Gasteiger partial charge in [-0.05, 0) is 25.5 Å². The van der Waals surface area contributed by atoms with Crippen LogP contribution in [0.1, 0.15) is 13.3 Å². The fraction of sp³-hybridized carbons (Fsp3) is 0.333. The molecule has 0 fully saturated rings. The summed E-state index contributed by atoms with van der Waals surface area (Å²) in [5.74, 6) is 0.792. The van der Waals surface area contributed by atoms with Crippen molar-refractivity contribution in [1.29, 1.82) is 0 Å². The Morgan fingerprint density at radius 2 is 2.29 bits per heavy atom. The van der Waals surface area contributed by atoms with E-state index >= 15 is 0 Å². The van der Waals surface area contributed by atoms with Gasteiger partial charge in [0.05, 0.1) is 24.8 Å². The highest BCUT2D eigenvalue weighted by atomic mass is 79.9. The fourth-order valence-corrected chi connectivity index (χ4v) is 2.55. The Labute approximate surface area is 131 Å². The third-order valence-electron chi connectivity index (χ3n) is 3.34. The molecule has 0 aromatic carbocycles. The van der Waals surface area contributed by atoms with Crippen LogP contribution < -0.4 is 4.74 Å². The second-order valence-electron chi connectivity index (χ2n) is 4.67. The van der Waals surface area contributed by atoms with Crippen LogP contribution in [0, 0.1) is 0 Å². The molecular weight excluding hydrogens is 332 g/mol. The van der Waals surface area contributed by atoms with E-state index in [1.165, 1.54) is 0 Å². The van der Waals surface area contributed by atoms with E-state index in [2.05, 4.69) is 42.4 Å². The Hall–Kier alpha value is -1.82. The average Bonchev–Trinajstić information content (AvgIpc) is 3.17. The van der Waals surface area contributed by atoms with E-state index < -0.39 is 0 Å². The minimum absolute atomic E-state index is 0.665. The number of halogens is 1. The molecule has 0 radical (unpaired) electrons. The zero-order valence-corrected chi connectivity index (χ0v) is 13.4. The van der Waals surface area contributed by atoms with Crippen molar-refractivity contribution < 1.29 is 4.74 Å². The van der Waals surface area contributed by atoms with Crippen LogP contribution in [-0.2, 0) is 6.54 Å². The molecule has 0 unspecified atom stereocenters. The number of pyridine rings is 1. The standard InChI is InChI=1S/C15H17BrN4O/c1-2-20-10-19-14-13(11-5-3-7-17-11)18-9-12(15(14)20)21-8-4-6-16/h3,5,7,9-10,17H,2,4,6,8H2,1H3. The number of H-pyrrole nitrogens is 1. The molecule has 0 saturated heterocycles. The van der Waals surface area contributed by atoms with Gasteiger partial charge in [0, 0.05) is 18.1 Å². The van der Waals surface area contributed by atoms with Crippen molar-refractivity contribution in [3.63, 3.8) is 0 Å². The van der Waals surface area contributed by atoms with Crippen molar-refractivity contribution in [2.75, 3.05) is 11.9 Å². The van der Waals surface area contributed by atoms with E-state index in [9.17, 15) is 0 Å². The lowest BCUT2D eigenvalue weighted by molar-refractivity contribution is 0.320. The van der Waals surface area contributed by atoms with Crippen LogP contribution in [0.4, 0.5) is 0 Å². The molecule has 0 aliphatic rings. The Bertz CT molecular complexity index is 721. The predicted molar refractivity (Wildman–Crippen MR) is 86.9 cm³/mol. The highest BCUT2D eigenvalue weighted by Gasteiger charge is 2.15. The molecule has 3 rings (SSSR count). The van der Waals surface area contributed by atoms with Crippen LogP contribution >= 0.6 is 15.9 Å². The Balaban J connectivity index is 2.09. The molecule has 0 atom stereocenters. The van der Waals surface area contributed by atoms with Crippen LogP contribution in [0.25, 0.3) is 22.4 Å². The monoisotopic (exact) mass is 348 g/mol. The molecule has 110 valence electrons. The van der Waals surface area contributed by atoms with Crippen LogP contribution in [0.5, 0.6) is 5.75 Å². The Morgan fingerprint density at radius 3 is 3.00 bits per heavy atom. The lowest BCUT2D eigenvalue weighted by Crippen LogP contribution is -2.02. The molecule has 0 spiro atoms. The van der Waals surface area contributed by atoms with Gasteiger partial charge in [-0.2, -0.15) is 0 Å². The van der Waals surface area contributed by atoms with E-state index in [1.807, 2.05) is 24.7 Å².